The molecule has 4 heteroatoms. The van der Waals surface area contributed by atoms with Crippen LogP contribution in [0.2, 0.25) is 5.15 Å². The lowest BCUT2D eigenvalue weighted by atomic mass is 10.2. The second-order valence-electron chi connectivity index (χ2n) is 3.39. The van der Waals surface area contributed by atoms with Gasteiger partial charge in [0.1, 0.15) is 5.15 Å². The summed E-state index contributed by atoms with van der Waals surface area (Å²) in [7, 11) is 0. The van der Waals surface area contributed by atoms with Gasteiger partial charge in [-0.1, -0.05) is 24.6 Å². The Hall–Kier alpha value is -0.250. The molecule has 0 fully saturated rings. The first-order chi connectivity index (χ1) is 7.24. The lowest BCUT2D eigenvalue weighted by molar-refractivity contribution is 0.595. The van der Waals surface area contributed by atoms with Crippen molar-refractivity contribution in [2.24, 2.45) is 0 Å². The zero-order valence-corrected chi connectivity index (χ0v) is 10.7. The molecular weight excluding hydrogens is 228 g/mol. The molecule has 2 nitrogen and oxygen atoms in total. The molecule has 0 saturated carbocycles. The second-order valence-corrected chi connectivity index (χ2v) is 5.07. The first-order valence-electron chi connectivity index (χ1n) is 5.14. The molecule has 1 N–H and O–H groups in total. The van der Waals surface area contributed by atoms with Crippen molar-refractivity contribution >= 4 is 23.4 Å². The van der Waals surface area contributed by atoms with Crippen LogP contribution < -0.4 is 5.32 Å². The number of aromatic nitrogens is 1. The molecule has 0 aromatic carbocycles. The van der Waals surface area contributed by atoms with Gasteiger partial charge in [0.25, 0.3) is 0 Å². The summed E-state index contributed by atoms with van der Waals surface area (Å²) in [6.45, 7) is 5.15. The fraction of sp³-hybridized carbons (Fsp3) is 0.545. The van der Waals surface area contributed by atoms with Crippen molar-refractivity contribution in [3.63, 3.8) is 0 Å². The molecule has 1 aromatic heterocycles. The van der Waals surface area contributed by atoms with Crippen molar-refractivity contribution < 1.29 is 0 Å². The Morgan fingerprint density at radius 3 is 3.07 bits per heavy atom. The van der Waals surface area contributed by atoms with E-state index in [1.807, 2.05) is 23.9 Å². The van der Waals surface area contributed by atoms with Crippen molar-refractivity contribution in [2.45, 2.75) is 26.4 Å². The molecule has 0 aliphatic carbocycles. The Morgan fingerprint density at radius 2 is 2.40 bits per heavy atom. The molecule has 1 aromatic rings. The molecule has 1 unspecified atom stereocenters. The Labute approximate surface area is 101 Å². The van der Waals surface area contributed by atoms with E-state index in [9.17, 15) is 0 Å². The Balaban J connectivity index is 2.33. The monoisotopic (exact) mass is 244 g/mol. The standard InChI is InChI=1S/C11H17ClN2S/c1-3-15-8-9(2)14-7-10-5-4-6-13-11(10)12/h4-6,9,14H,3,7-8H2,1-2H3. The average molecular weight is 245 g/mol. The van der Waals surface area contributed by atoms with Crippen molar-refractivity contribution in [2.75, 3.05) is 11.5 Å². The van der Waals surface area contributed by atoms with E-state index in [0.717, 1.165) is 17.9 Å². The molecule has 0 saturated heterocycles. The van der Waals surface area contributed by atoms with Gasteiger partial charge in [-0.2, -0.15) is 11.8 Å². The van der Waals surface area contributed by atoms with Crippen LogP contribution in [0.15, 0.2) is 18.3 Å². The fourth-order valence-electron chi connectivity index (χ4n) is 1.19. The molecule has 1 rings (SSSR count). The van der Waals surface area contributed by atoms with E-state index < -0.39 is 0 Å². The number of hydrogen-bond acceptors (Lipinski definition) is 3. The topological polar surface area (TPSA) is 24.9 Å². The van der Waals surface area contributed by atoms with E-state index in [1.165, 1.54) is 5.75 Å². The minimum absolute atomic E-state index is 0.506. The minimum Gasteiger partial charge on any atom is -0.309 e. The highest BCUT2D eigenvalue weighted by Crippen LogP contribution is 2.11. The Bertz CT molecular complexity index is 294. The third-order valence-corrected chi connectivity index (χ3v) is 3.53. The lowest BCUT2D eigenvalue weighted by Gasteiger charge is -2.13. The molecule has 0 amide bonds. The molecule has 15 heavy (non-hydrogen) atoms. The third-order valence-electron chi connectivity index (χ3n) is 2.05. The third kappa shape index (κ3) is 4.87. The fourth-order valence-corrected chi connectivity index (χ4v) is 2.08. The first kappa shape index (κ1) is 12.8. The predicted octanol–water partition coefficient (Wildman–Crippen LogP) is 2.97. The zero-order valence-electron chi connectivity index (χ0n) is 9.16. The maximum atomic E-state index is 5.96. The lowest BCUT2D eigenvalue weighted by Crippen LogP contribution is -2.27. The summed E-state index contributed by atoms with van der Waals surface area (Å²) in [6.07, 6.45) is 1.71. The van der Waals surface area contributed by atoms with Crippen molar-refractivity contribution in [1.82, 2.24) is 10.3 Å². The smallest absolute Gasteiger partial charge is 0.133 e. The molecule has 0 spiro atoms. The highest BCUT2D eigenvalue weighted by atomic mass is 35.5. The van der Waals surface area contributed by atoms with Crippen LogP contribution >= 0.6 is 23.4 Å². The second kappa shape index (κ2) is 7.09. The maximum absolute atomic E-state index is 5.96. The highest BCUT2D eigenvalue weighted by Gasteiger charge is 2.03. The van der Waals surface area contributed by atoms with Crippen LogP contribution in [0.4, 0.5) is 0 Å². The van der Waals surface area contributed by atoms with Crippen LogP contribution in [0, 0.1) is 0 Å². The summed E-state index contributed by atoms with van der Waals surface area (Å²) in [5.41, 5.74) is 1.06. The minimum atomic E-state index is 0.506. The molecule has 84 valence electrons. The summed E-state index contributed by atoms with van der Waals surface area (Å²) >= 11 is 7.90. The quantitative estimate of drug-likeness (QED) is 0.779. The maximum Gasteiger partial charge on any atom is 0.133 e. The van der Waals surface area contributed by atoms with Gasteiger partial charge < -0.3 is 5.32 Å². The number of halogens is 1. The van der Waals surface area contributed by atoms with E-state index in [1.54, 1.807) is 6.20 Å². The number of hydrogen-bond donors (Lipinski definition) is 1. The van der Waals surface area contributed by atoms with Gasteiger partial charge in [-0.15, -0.1) is 0 Å². The summed E-state index contributed by atoms with van der Waals surface area (Å²) in [4.78, 5) is 4.04. The SMILES string of the molecule is CCSCC(C)NCc1cccnc1Cl. The van der Waals surface area contributed by atoms with Crippen LogP contribution in [0.25, 0.3) is 0 Å². The number of nitrogens with one attached hydrogen (secondary N) is 1. The predicted molar refractivity (Wildman–Crippen MR) is 68.5 cm³/mol. The molecule has 0 aliphatic heterocycles. The highest BCUT2D eigenvalue weighted by molar-refractivity contribution is 7.99. The molecule has 1 atom stereocenters. The molecule has 0 radical (unpaired) electrons. The van der Waals surface area contributed by atoms with Gasteiger partial charge in [-0.3, -0.25) is 0 Å². The number of thioether (sulfide) groups is 1. The van der Waals surface area contributed by atoms with E-state index in [2.05, 4.69) is 24.1 Å². The van der Waals surface area contributed by atoms with E-state index in [-0.39, 0.29) is 0 Å². The van der Waals surface area contributed by atoms with Crippen molar-refractivity contribution in [1.29, 1.82) is 0 Å². The van der Waals surface area contributed by atoms with Gasteiger partial charge in [0.05, 0.1) is 0 Å². The van der Waals surface area contributed by atoms with Crippen LogP contribution in [-0.2, 0) is 6.54 Å². The van der Waals surface area contributed by atoms with Gasteiger partial charge in [0.15, 0.2) is 0 Å². The summed E-state index contributed by atoms with van der Waals surface area (Å²) < 4.78 is 0. The number of nitrogens with zero attached hydrogens (tertiary/aromatic N) is 1. The molecule has 1 heterocycles. The summed E-state index contributed by atoms with van der Waals surface area (Å²) in [6, 6.07) is 4.42. The van der Waals surface area contributed by atoms with Gasteiger partial charge in [0, 0.05) is 30.1 Å². The zero-order chi connectivity index (χ0) is 11.1. The van der Waals surface area contributed by atoms with E-state index in [0.29, 0.717) is 11.2 Å². The summed E-state index contributed by atoms with van der Waals surface area (Å²) in [5.74, 6) is 2.30. The first-order valence-corrected chi connectivity index (χ1v) is 6.67. The van der Waals surface area contributed by atoms with Crippen LogP contribution in [-0.4, -0.2) is 22.5 Å². The summed E-state index contributed by atoms with van der Waals surface area (Å²) in [5, 5.41) is 4.03. The molecular formula is C11H17ClN2S. The number of pyridine rings is 1. The Morgan fingerprint density at radius 1 is 1.60 bits per heavy atom. The van der Waals surface area contributed by atoms with Crippen molar-refractivity contribution in [3.05, 3.63) is 29.0 Å². The largest absolute Gasteiger partial charge is 0.309 e. The number of rotatable bonds is 6. The van der Waals surface area contributed by atoms with Gasteiger partial charge in [-0.05, 0) is 18.7 Å². The Kier molecular flexibility index (Phi) is 6.06. The van der Waals surface area contributed by atoms with E-state index in [4.69, 9.17) is 11.6 Å². The van der Waals surface area contributed by atoms with Gasteiger partial charge in [-0.25, -0.2) is 4.98 Å². The van der Waals surface area contributed by atoms with Gasteiger partial charge >= 0.3 is 0 Å². The van der Waals surface area contributed by atoms with Crippen LogP contribution in [0.3, 0.4) is 0 Å². The average Bonchev–Trinajstić information content (AvgIpc) is 2.25. The molecule has 0 aliphatic rings. The molecule has 0 bridgehead atoms. The normalized spacial score (nSPS) is 12.7. The van der Waals surface area contributed by atoms with Gasteiger partial charge in [0.2, 0.25) is 0 Å². The van der Waals surface area contributed by atoms with Crippen molar-refractivity contribution in [3.8, 4) is 0 Å². The van der Waals surface area contributed by atoms with Crippen LogP contribution in [0.5, 0.6) is 0 Å². The van der Waals surface area contributed by atoms with Crippen LogP contribution in [0.1, 0.15) is 19.4 Å². The van der Waals surface area contributed by atoms with E-state index >= 15 is 0 Å².